The number of hydrogen-bond acceptors (Lipinski definition) is 2. The Balaban J connectivity index is 0.000000845. The van der Waals surface area contributed by atoms with Gasteiger partial charge in [-0.15, -0.1) is 12.4 Å². The van der Waals surface area contributed by atoms with Gasteiger partial charge in [0.25, 0.3) is 0 Å². The third-order valence-corrected chi connectivity index (χ3v) is 2.53. The molecule has 0 amide bonds. The number of nitrogens with two attached hydrogens (primary N) is 1. The van der Waals surface area contributed by atoms with Crippen LogP contribution in [-0.4, -0.2) is 5.11 Å². The molecule has 0 heterocycles. The molecule has 0 aromatic heterocycles. The zero-order valence-electron chi connectivity index (χ0n) is 7.36. The van der Waals surface area contributed by atoms with E-state index in [0.29, 0.717) is 5.75 Å². The Morgan fingerprint density at radius 2 is 2.15 bits per heavy atom. The van der Waals surface area contributed by atoms with Crippen LogP contribution in [0.4, 0.5) is 0 Å². The molecule has 1 aromatic carbocycles. The number of fused-ring (bicyclic) bond motifs is 1. The van der Waals surface area contributed by atoms with Gasteiger partial charge in [0.1, 0.15) is 5.75 Å². The average Bonchev–Trinajstić information content (AvgIpc) is 2.07. The molecule has 2 rings (SSSR count). The number of halogens is 1. The highest BCUT2D eigenvalue weighted by Crippen LogP contribution is 2.32. The second-order valence-corrected chi connectivity index (χ2v) is 3.34. The molecule has 3 heteroatoms. The second kappa shape index (κ2) is 3.99. The van der Waals surface area contributed by atoms with Gasteiger partial charge in [-0.1, -0.05) is 12.1 Å². The van der Waals surface area contributed by atoms with Crippen LogP contribution in [-0.2, 0) is 6.42 Å². The lowest BCUT2D eigenvalue weighted by atomic mass is 9.88. The van der Waals surface area contributed by atoms with E-state index < -0.39 is 0 Å². The van der Waals surface area contributed by atoms with Crippen molar-refractivity contribution in [3.63, 3.8) is 0 Å². The van der Waals surface area contributed by atoms with Crippen molar-refractivity contribution in [3.05, 3.63) is 29.3 Å². The summed E-state index contributed by atoms with van der Waals surface area (Å²) in [7, 11) is 0. The predicted octanol–water partition coefficient (Wildman–Crippen LogP) is 2.15. The third kappa shape index (κ3) is 1.79. The molecular formula is C10H14ClNO. The fraction of sp³-hybridized carbons (Fsp3) is 0.400. The van der Waals surface area contributed by atoms with Crippen molar-refractivity contribution in [2.45, 2.75) is 25.3 Å². The summed E-state index contributed by atoms with van der Waals surface area (Å²) in [5.41, 5.74) is 8.08. The summed E-state index contributed by atoms with van der Waals surface area (Å²) in [5.74, 6) is 0.405. The van der Waals surface area contributed by atoms with Crippen molar-refractivity contribution >= 4 is 12.4 Å². The van der Waals surface area contributed by atoms with Gasteiger partial charge in [-0.3, -0.25) is 0 Å². The molecule has 0 saturated heterocycles. The van der Waals surface area contributed by atoms with E-state index in [1.54, 1.807) is 6.07 Å². The normalized spacial score (nSPS) is 20.2. The summed E-state index contributed by atoms with van der Waals surface area (Å²) < 4.78 is 0. The second-order valence-electron chi connectivity index (χ2n) is 3.34. The highest BCUT2D eigenvalue weighted by molar-refractivity contribution is 5.85. The zero-order valence-corrected chi connectivity index (χ0v) is 8.18. The highest BCUT2D eigenvalue weighted by Gasteiger charge is 2.18. The van der Waals surface area contributed by atoms with Gasteiger partial charge in [0.2, 0.25) is 0 Å². The van der Waals surface area contributed by atoms with Crippen LogP contribution in [0.1, 0.15) is 30.0 Å². The first-order valence-corrected chi connectivity index (χ1v) is 4.35. The van der Waals surface area contributed by atoms with E-state index in [4.69, 9.17) is 5.73 Å². The predicted molar refractivity (Wildman–Crippen MR) is 55.2 cm³/mol. The molecule has 1 aromatic rings. The van der Waals surface area contributed by atoms with E-state index in [9.17, 15) is 5.11 Å². The topological polar surface area (TPSA) is 46.2 Å². The molecular weight excluding hydrogens is 186 g/mol. The number of phenolic OH excluding ortho intramolecular Hbond substituents is 1. The van der Waals surface area contributed by atoms with Crippen LogP contribution >= 0.6 is 12.4 Å². The van der Waals surface area contributed by atoms with Crippen molar-refractivity contribution in [1.29, 1.82) is 0 Å². The van der Waals surface area contributed by atoms with Gasteiger partial charge in [-0.2, -0.15) is 0 Å². The van der Waals surface area contributed by atoms with Crippen LogP contribution in [0.2, 0.25) is 0 Å². The summed E-state index contributed by atoms with van der Waals surface area (Å²) in [6.45, 7) is 0. The van der Waals surface area contributed by atoms with Crippen molar-refractivity contribution in [3.8, 4) is 5.75 Å². The fourth-order valence-corrected chi connectivity index (χ4v) is 1.87. The molecule has 1 aliphatic rings. The Morgan fingerprint density at radius 3 is 2.85 bits per heavy atom. The molecule has 72 valence electrons. The Hall–Kier alpha value is -0.730. The zero-order chi connectivity index (χ0) is 8.55. The van der Waals surface area contributed by atoms with Gasteiger partial charge >= 0.3 is 0 Å². The van der Waals surface area contributed by atoms with Crippen LogP contribution in [0, 0.1) is 0 Å². The van der Waals surface area contributed by atoms with Gasteiger partial charge in [0.05, 0.1) is 0 Å². The maximum atomic E-state index is 9.52. The van der Waals surface area contributed by atoms with Gasteiger partial charge in [0.15, 0.2) is 0 Å². The number of phenols is 1. The first kappa shape index (κ1) is 10.4. The summed E-state index contributed by atoms with van der Waals surface area (Å²) in [6, 6.07) is 5.73. The lowest BCUT2D eigenvalue weighted by Gasteiger charge is -2.22. The van der Waals surface area contributed by atoms with Crippen molar-refractivity contribution < 1.29 is 5.11 Å². The maximum absolute atomic E-state index is 9.52. The first-order valence-electron chi connectivity index (χ1n) is 4.35. The molecule has 0 radical (unpaired) electrons. The van der Waals surface area contributed by atoms with E-state index in [-0.39, 0.29) is 18.4 Å². The Bertz CT molecular complexity index is 301. The SMILES string of the molecule is Cl.N[C@@H]1CCCc2c(O)cccc21. The van der Waals surface area contributed by atoms with Crippen LogP contribution in [0.3, 0.4) is 0 Å². The quantitative estimate of drug-likeness (QED) is 0.673. The minimum Gasteiger partial charge on any atom is -0.508 e. The van der Waals surface area contributed by atoms with Crippen LogP contribution in [0.25, 0.3) is 0 Å². The molecule has 0 fully saturated rings. The van der Waals surface area contributed by atoms with E-state index >= 15 is 0 Å². The lowest BCUT2D eigenvalue weighted by Crippen LogP contribution is -2.17. The number of rotatable bonds is 0. The molecule has 3 N–H and O–H groups in total. The molecule has 2 nitrogen and oxygen atoms in total. The standard InChI is InChI=1S/C10H13NO.ClH/c11-9-5-1-4-8-7(9)3-2-6-10(8)12;/h2-3,6,9,12H,1,4-5,11H2;1H/t9-;/m1./s1. The molecule has 0 bridgehead atoms. The van der Waals surface area contributed by atoms with Gasteiger partial charge < -0.3 is 10.8 Å². The Morgan fingerprint density at radius 1 is 1.38 bits per heavy atom. The summed E-state index contributed by atoms with van der Waals surface area (Å²) in [6.07, 6.45) is 3.10. The Labute approximate surface area is 84.2 Å². The van der Waals surface area contributed by atoms with Crippen LogP contribution < -0.4 is 5.73 Å². The number of aromatic hydroxyl groups is 1. The molecule has 1 atom stereocenters. The smallest absolute Gasteiger partial charge is 0.119 e. The van der Waals surface area contributed by atoms with E-state index in [1.165, 1.54) is 0 Å². The van der Waals surface area contributed by atoms with Gasteiger partial charge in [-0.05, 0) is 36.5 Å². The van der Waals surface area contributed by atoms with E-state index in [0.717, 1.165) is 30.4 Å². The Kier molecular flexibility index (Phi) is 3.17. The molecule has 0 spiro atoms. The minimum atomic E-state index is 0. The largest absolute Gasteiger partial charge is 0.508 e. The summed E-state index contributed by atoms with van der Waals surface area (Å²) >= 11 is 0. The monoisotopic (exact) mass is 199 g/mol. The average molecular weight is 200 g/mol. The van der Waals surface area contributed by atoms with Crippen molar-refractivity contribution in [1.82, 2.24) is 0 Å². The van der Waals surface area contributed by atoms with E-state index in [2.05, 4.69) is 0 Å². The molecule has 1 aliphatic carbocycles. The lowest BCUT2D eigenvalue weighted by molar-refractivity contribution is 0.455. The van der Waals surface area contributed by atoms with E-state index in [1.807, 2.05) is 12.1 Å². The molecule has 0 saturated carbocycles. The van der Waals surface area contributed by atoms with Crippen molar-refractivity contribution in [2.24, 2.45) is 5.73 Å². The van der Waals surface area contributed by atoms with Gasteiger partial charge in [0, 0.05) is 6.04 Å². The summed E-state index contributed by atoms with van der Waals surface area (Å²) in [5, 5.41) is 9.52. The summed E-state index contributed by atoms with van der Waals surface area (Å²) in [4.78, 5) is 0. The fourth-order valence-electron chi connectivity index (χ4n) is 1.87. The number of hydrogen-bond donors (Lipinski definition) is 2. The van der Waals surface area contributed by atoms with Gasteiger partial charge in [-0.25, -0.2) is 0 Å². The highest BCUT2D eigenvalue weighted by atomic mass is 35.5. The van der Waals surface area contributed by atoms with Crippen LogP contribution in [0.5, 0.6) is 5.75 Å². The third-order valence-electron chi connectivity index (χ3n) is 2.53. The van der Waals surface area contributed by atoms with Crippen molar-refractivity contribution in [2.75, 3.05) is 0 Å². The molecule has 0 unspecified atom stereocenters. The number of benzene rings is 1. The minimum absolute atomic E-state index is 0. The maximum Gasteiger partial charge on any atom is 0.119 e. The molecule has 0 aliphatic heterocycles. The van der Waals surface area contributed by atoms with Crippen LogP contribution in [0.15, 0.2) is 18.2 Å². The molecule has 13 heavy (non-hydrogen) atoms. The first-order chi connectivity index (χ1) is 5.79.